The predicted molar refractivity (Wildman–Crippen MR) is 121 cm³/mol. The second-order valence-corrected chi connectivity index (χ2v) is 13.0. The Bertz CT molecular complexity index is 551. The first-order chi connectivity index (χ1) is 13.7. The molecule has 0 aliphatic rings. The fraction of sp³-hybridized carbons (Fsp3) is 0.739. The second kappa shape index (κ2) is 12.7. The molecule has 0 amide bonds. The molecule has 29 heavy (non-hydrogen) atoms. The van der Waals surface area contributed by atoms with Gasteiger partial charge in [-0.15, -0.1) is 0 Å². The van der Waals surface area contributed by atoms with E-state index in [9.17, 15) is 10.2 Å². The van der Waals surface area contributed by atoms with Gasteiger partial charge in [0.1, 0.15) is 5.75 Å². The van der Waals surface area contributed by atoms with Crippen LogP contribution in [0.3, 0.4) is 0 Å². The van der Waals surface area contributed by atoms with Crippen LogP contribution < -0.4 is 4.74 Å². The van der Waals surface area contributed by atoms with Crippen molar-refractivity contribution in [2.24, 2.45) is 11.8 Å². The molecule has 168 valence electrons. The molecule has 6 heteroatoms. The molecule has 0 aliphatic heterocycles. The third-order valence-corrected chi connectivity index (χ3v) is 10.9. The fourth-order valence-corrected chi connectivity index (χ4v) is 6.87. The smallest absolute Gasteiger partial charge is 0.192 e. The van der Waals surface area contributed by atoms with E-state index in [2.05, 4.69) is 27.7 Å². The zero-order chi connectivity index (χ0) is 22.0. The van der Waals surface area contributed by atoms with Crippen LogP contribution in [0.2, 0.25) is 18.1 Å². The molecule has 0 saturated heterocycles. The molecule has 0 spiro atoms. The summed E-state index contributed by atoms with van der Waals surface area (Å²) in [5, 5.41) is 20.4. The first-order valence-electron chi connectivity index (χ1n) is 11.0. The van der Waals surface area contributed by atoms with Crippen LogP contribution in [0, 0.1) is 11.8 Å². The zero-order valence-electron chi connectivity index (χ0n) is 19.4. The van der Waals surface area contributed by atoms with Crippen molar-refractivity contribution >= 4 is 8.32 Å². The van der Waals surface area contributed by atoms with Crippen LogP contribution in [0.5, 0.6) is 5.75 Å². The highest BCUT2D eigenvalue weighted by Gasteiger charge is 2.39. The third kappa shape index (κ3) is 7.68. The highest BCUT2D eigenvalue weighted by molar-refractivity contribution is 6.73. The van der Waals surface area contributed by atoms with E-state index in [1.165, 1.54) is 0 Å². The van der Waals surface area contributed by atoms with Gasteiger partial charge in [-0.1, -0.05) is 46.8 Å². The van der Waals surface area contributed by atoms with E-state index in [1.807, 2.05) is 31.2 Å². The van der Waals surface area contributed by atoms with Gasteiger partial charge < -0.3 is 24.1 Å². The largest absolute Gasteiger partial charge is 0.497 e. The minimum Gasteiger partial charge on any atom is -0.497 e. The molecule has 0 heterocycles. The summed E-state index contributed by atoms with van der Waals surface area (Å²) in [6.07, 6.45) is -1.76. The molecule has 0 aromatic heterocycles. The fourth-order valence-electron chi connectivity index (χ4n) is 3.84. The van der Waals surface area contributed by atoms with E-state index in [4.69, 9.17) is 13.9 Å². The highest BCUT2D eigenvalue weighted by Crippen LogP contribution is 2.31. The Balaban J connectivity index is 2.83. The number of benzene rings is 1. The van der Waals surface area contributed by atoms with Gasteiger partial charge in [0.2, 0.25) is 0 Å². The Labute approximate surface area is 178 Å². The molecule has 5 atom stereocenters. The number of ether oxygens (including phenoxy) is 2. The zero-order valence-corrected chi connectivity index (χ0v) is 20.4. The van der Waals surface area contributed by atoms with E-state index < -0.39 is 20.5 Å². The van der Waals surface area contributed by atoms with Crippen molar-refractivity contribution in [2.75, 3.05) is 13.7 Å². The van der Waals surface area contributed by atoms with Crippen LogP contribution in [0.15, 0.2) is 24.3 Å². The van der Waals surface area contributed by atoms with E-state index in [0.29, 0.717) is 13.2 Å². The first-order valence-corrected chi connectivity index (χ1v) is 13.5. The van der Waals surface area contributed by atoms with Crippen LogP contribution >= 0.6 is 0 Å². The minimum absolute atomic E-state index is 0.105. The summed E-state index contributed by atoms with van der Waals surface area (Å²) >= 11 is 0. The average molecular weight is 427 g/mol. The summed E-state index contributed by atoms with van der Waals surface area (Å²) in [6, 6.07) is 11.0. The molecule has 0 bridgehead atoms. The Hall–Kier alpha value is -0.923. The van der Waals surface area contributed by atoms with Crippen molar-refractivity contribution in [3.63, 3.8) is 0 Å². The van der Waals surface area contributed by atoms with E-state index >= 15 is 0 Å². The lowest BCUT2D eigenvalue weighted by molar-refractivity contribution is -0.0652. The Kier molecular flexibility index (Phi) is 11.4. The summed E-state index contributed by atoms with van der Waals surface area (Å²) in [4.78, 5) is 0. The molecule has 1 aromatic carbocycles. The Morgan fingerprint density at radius 1 is 0.931 bits per heavy atom. The number of aliphatic hydroxyl groups excluding tert-OH is 2. The van der Waals surface area contributed by atoms with Gasteiger partial charge in [-0.05, 0) is 42.8 Å². The van der Waals surface area contributed by atoms with Gasteiger partial charge >= 0.3 is 0 Å². The van der Waals surface area contributed by atoms with Crippen molar-refractivity contribution < 1.29 is 24.1 Å². The molecule has 2 N–H and O–H groups in total. The standard InChI is InChI=1S/C23H42O5Si/c1-8-29(9-2,10-3)28-23(18(5)22(25)19(6)24)17(4)15-27-16-20-11-13-21(26-7)14-12-20/h11-14,17-19,22-25H,8-10,15-16H2,1-7H3/t17-,18+,19+,22?,23-/m0/s1. The van der Waals surface area contributed by atoms with Gasteiger partial charge in [0, 0.05) is 11.8 Å². The second-order valence-electron chi connectivity index (χ2n) is 8.26. The SMILES string of the molecule is CC[Si](CC)(CC)O[C@H]([C@H](C)C(O)[C@@H](C)O)[C@@H](C)COCc1ccc(OC)cc1. The minimum atomic E-state index is -1.86. The number of hydrogen-bond acceptors (Lipinski definition) is 5. The normalized spacial score (nSPS) is 17.4. The summed E-state index contributed by atoms with van der Waals surface area (Å²) in [5.74, 6) is 0.760. The predicted octanol–water partition coefficient (Wildman–Crippen LogP) is 4.62. The van der Waals surface area contributed by atoms with Crippen LogP contribution in [0.1, 0.15) is 47.1 Å². The molecule has 5 nitrogen and oxygen atoms in total. The molecule has 1 aromatic rings. The lowest BCUT2D eigenvalue weighted by Crippen LogP contribution is -2.49. The summed E-state index contributed by atoms with van der Waals surface area (Å²) in [5.41, 5.74) is 1.09. The maximum absolute atomic E-state index is 10.5. The molecular weight excluding hydrogens is 384 g/mol. The van der Waals surface area contributed by atoms with Gasteiger partial charge in [0.15, 0.2) is 8.32 Å². The molecule has 1 unspecified atom stereocenters. The van der Waals surface area contributed by atoms with E-state index in [1.54, 1.807) is 14.0 Å². The van der Waals surface area contributed by atoms with Crippen LogP contribution in [-0.2, 0) is 15.8 Å². The van der Waals surface area contributed by atoms with Crippen molar-refractivity contribution in [3.8, 4) is 5.75 Å². The van der Waals surface area contributed by atoms with Gasteiger partial charge in [0.05, 0.1) is 38.6 Å². The number of methoxy groups -OCH3 is 1. The van der Waals surface area contributed by atoms with Crippen LogP contribution in [-0.4, -0.2) is 50.6 Å². The third-order valence-electron chi connectivity index (χ3n) is 6.24. The van der Waals surface area contributed by atoms with Gasteiger partial charge in [-0.2, -0.15) is 0 Å². The maximum Gasteiger partial charge on any atom is 0.192 e. The number of hydrogen-bond donors (Lipinski definition) is 2. The van der Waals surface area contributed by atoms with Gasteiger partial charge in [-0.25, -0.2) is 0 Å². The molecule has 0 saturated carbocycles. The average Bonchev–Trinajstić information content (AvgIpc) is 2.74. The molecule has 0 fully saturated rings. The van der Waals surface area contributed by atoms with Crippen molar-refractivity contribution in [3.05, 3.63) is 29.8 Å². The van der Waals surface area contributed by atoms with Gasteiger partial charge in [0.25, 0.3) is 0 Å². The topological polar surface area (TPSA) is 68.2 Å². The summed E-state index contributed by atoms with van der Waals surface area (Å²) < 4.78 is 18.0. The molecule has 0 radical (unpaired) electrons. The van der Waals surface area contributed by atoms with Gasteiger partial charge in [-0.3, -0.25) is 0 Å². The lowest BCUT2D eigenvalue weighted by atomic mass is 9.88. The van der Waals surface area contributed by atoms with Crippen LogP contribution in [0.4, 0.5) is 0 Å². The Morgan fingerprint density at radius 2 is 1.48 bits per heavy atom. The number of aliphatic hydroxyl groups is 2. The molecular formula is C23H42O5Si. The van der Waals surface area contributed by atoms with Crippen molar-refractivity contribution in [1.29, 1.82) is 0 Å². The molecule has 0 aliphatic carbocycles. The van der Waals surface area contributed by atoms with Crippen molar-refractivity contribution in [2.45, 2.75) is 84.6 Å². The first kappa shape index (κ1) is 26.1. The van der Waals surface area contributed by atoms with Crippen molar-refractivity contribution in [1.82, 2.24) is 0 Å². The lowest BCUT2D eigenvalue weighted by Gasteiger charge is -2.40. The summed E-state index contributed by atoms with van der Waals surface area (Å²) in [6.45, 7) is 13.4. The number of rotatable bonds is 14. The summed E-state index contributed by atoms with van der Waals surface area (Å²) in [7, 11) is -0.207. The quantitative estimate of drug-likeness (QED) is 0.425. The van der Waals surface area contributed by atoms with Crippen LogP contribution in [0.25, 0.3) is 0 Å². The highest BCUT2D eigenvalue weighted by atomic mass is 28.4. The molecule has 1 rings (SSSR count). The Morgan fingerprint density at radius 3 is 1.93 bits per heavy atom. The maximum atomic E-state index is 10.5. The monoisotopic (exact) mass is 426 g/mol. The van der Waals surface area contributed by atoms with E-state index in [0.717, 1.165) is 29.4 Å². The van der Waals surface area contributed by atoms with E-state index in [-0.39, 0.29) is 17.9 Å².